The predicted molar refractivity (Wildman–Crippen MR) is 82.6 cm³/mol. The lowest BCUT2D eigenvalue weighted by atomic mass is 10.1. The molecule has 1 heterocycles. The second-order valence-corrected chi connectivity index (χ2v) is 5.43. The van der Waals surface area contributed by atoms with E-state index in [-0.39, 0.29) is 37.5 Å². The predicted octanol–water partition coefficient (Wildman–Crippen LogP) is 2.05. The van der Waals surface area contributed by atoms with Crippen molar-refractivity contribution in [1.82, 2.24) is 15.0 Å². The summed E-state index contributed by atoms with van der Waals surface area (Å²) in [5.41, 5.74) is 1.11. The lowest BCUT2D eigenvalue weighted by Crippen LogP contribution is -2.29. The van der Waals surface area contributed by atoms with E-state index < -0.39 is 5.97 Å². The number of hydrogen-bond acceptors (Lipinski definition) is 5. The van der Waals surface area contributed by atoms with Crippen LogP contribution in [0, 0.1) is 12.7 Å². The van der Waals surface area contributed by atoms with E-state index in [0.29, 0.717) is 22.8 Å². The summed E-state index contributed by atoms with van der Waals surface area (Å²) in [5, 5.41) is 12.4. The monoisotopic (exact) mass is 335 g/mol. The van der Waals surface area contributed by atoms with Crippen LogP contribution in [0.15, 0.2) is 22.7 Å². The van der Waals surface area contributed by atoms with Crippen LogP contribution < -0.4 is 0 Å². The molecular weight excluding hydrogens is 317 g/mol. The van der Waals surface area contributed by atoms with Gasteiger partial charge in [-0.15, -0.1) is 0 Å². The second kappa shape index (κ2) is 7.67. The third-order valence-corrected chi connectivity index (χ3v) is 3.52. The second-order valence-electron chi connectivity index (χ2n) is 5.43. The minimum absolute atomic E-state index is 0.100. The highest BCUT2D eigenvalue weighted by Gasteiger charge is 2.14. The van der Waals surface area contributed by atoms with E-state index in [2.05, 4.69) is 10.1 Å². The van der Waals surface area contributed by atoms with Crippen LogP contribution in [-0.4, -0.2) is 45.6 Å². The number of halogens is 1. The van der Waals surface area contributed by atoms with Gasteiger partial charge in [-0.2, -0.15) is 4.98 Å². The molecule has 1 N–H and O–H groups in total. The fraction of sp³-hybridized carbons (Fsp3) is 0.375. The van der Waals surface area contributed by atoms with E-state index >= 15 is 0 Å². The Morgan fingerprint density at radius 1 is 1.33 bits per heavy atom. The summed E-state index contributed by atoms with van der Waals surface area (Å²) < 4.78 is 18.4. The van der Waals surface area contributed by atoms with Crippen LogP contribution in [0.1, 0.15) is 24.3 Å². The molecule has 24 heavy (non-hydrogen) atoms. The first-order valence-corrected chi connectivity index (χ1v) is 7.41. The van der Waals surface area contributed by atoms with Crippen molar-refractivity contribution in [2.45, 2.75) is 26.2 Å². The molecule has 8 heteroatoms. The number of rotatable bonds is 7. The van der Waals surface area contributed by atoms with Crippen molar-refractivity contribution in [2.75, 3.05) is 13.6 Å². The molecule has 0 atom stereocenters. The molecule has 1 aromatic heterocycles. The standard InChI is InChI=1S/C16H18FN3O4/c1-10-9-11(3-4-12(10)17)16-18-13(24-19-16)5-6-14(21)20(2)8-7-15(22)23/h3-4,9H,5-8H2,1-2H3,(H,22,23). The van der Waals surface area contributed by atoms with Gasteiger partial charge in [0, 0.05) is 32.0 Å². The molecule has 0 unspecified atom stereocenters. The Morgan fingerprint density at radius 3 is 2.75 bits per heavy atom. The molecule has 7 nitrogen and oxygen atoms in total. The van der Waals surface area contributed by atoms with E-state index in [0.717, 1.165) is 0 Å². The maximum atomic E-state index is 13.3. The smallest absolute Gasteiger partial charge is 0.305 e. The van der Waals surface area contributed by atoms with E-state index in [4.69, 9.17) is 9.63 Å². The zero-order valence-corrected chi connectivity index (χ0v) is 13.5. The number of nitrogens with zero attached hydrogens (tertiary/aromatic N) is 3. The number of carbonyl (C=O) groups excluding carboxylic acids is 1. The third-order valence-electron chi connectivity index (χ3n) is 3.52. The number of hydrogen-bond donors (Lipinski definition) is 1. The van der Waals surface area contributed by atoms with Gasteiger partial charge in [0.15, 0.2) is 0 Å². The average Bonchev–Trinajstić information content (AvgIpc) is 3.01. The van der Waals surface area contributed by atoms with Crippen LogP contribution in [0.25, 0.3) is 11.4 Å². The lowest BCUT2D eigenvalue weighted by molar-refractivity contribution is -0.138. The molecule has 0 bridgehead atoms. The number of carboxylic acid groups (broad SMARTS) is 1. The van der Waals surface area contributed by atoms with Crippen molar-refractivity contribution >= 4 is 11.9 Å². The molecule has 0 saturated heterocycles. The van der Waals surface area contributed by atoms with E-state index in [1.807, 2.05) is 0 Å². The maximum absolute atomic E-state index is 13.3. The molecule has 0 aliphatic heterocycles. The Hall–Kier alpha value is -2.77. The topological polar surface area (TPSA) is 96.5 Å². The molecule has 0 aliphatic rings. The van der Waals surface area contributed by atoms with Crippen LogP contribution in [0.2, 0.25) is 0 Å². The quantitative estimate of drug-likeness (QED) is 0.832. The van der Waals surface area contributed by atoms with Gasteiger partial charge in [-0.1, -0.05) is 5.16 Å². The van der Waals surface area contributed by atoms with Crippen LogP contribution in [0.4, 0.5) is 4.39 Å². The van der Waals surface area contributed by atoms with Gasteiger partial charge in [0.2, 0.25) is 17.6 Å². The third kappa shape index (κ3) is 4.61. The van der Waals surface area contributed by atoms with E-state index in [1.165, 1.54) is 11.0 Å². The van der Waals surface area contributed by atoms with Crippen molar-refractivity contribution in [3.05, 3.63) is 35.5 Å². The molecule has 2 rings (SSSR count). The first kappa shape index (κ1) is 17.6. The van der Waals surface area contributed by atoms with Gasteiger partial charge >= 0.3 is 5.97 Å². The summed E-state index contributed by atoms with van der Waals surface area (Å²) in [6.45, 7) is 1.80. The number of aryl methyl sites for hydroxylation is 2. The highest BCUT2D eigenvalue weighted by molar-refractivity contribution is 5.76. The molecule has 0 radical (unpaired) electrons. The molecule has 0 spiro atoms. The molecule has 0 aliphatic carbocycles. The van der Waals surface area contributed by atoms with Gasteiger partial charge in [-0.25, -0.2) is 4.39 Å². The zero-order valence-electron chi connectivity index (χ0n) is 13.5. The Labute approximate surface area is 138 Å². The number of aliphatic carboxylic acids is 1. The van der Waals surface area contributed by atoms with Gasteiger partial charge in [-0.3, -0.25) is 9.59 Å². The Bertz CT molecular complexity index is 745. The summed E-state index contributed by atoms with van der Waals surface area (Å²) in [4.78, 5) is 27.9. The minimum atomic E-state index is -0.953. The van der Waals surface area contributed by atoms with E-state index in [9.17, 15) is 14.0 Å². The average molecular weight is 335 g/mol. The summed E-state index contributed by atoms with van der Waals surface area (Å²) in [5.74, 6) is -0.830. The molecule has 128 valence electrons. The Morgan fingerprint density at radius 2 is 2.08 bits per heavy atom. The highest BCUT2D eigenvalue weighted by Crippen LogP contribution is 2.19. The summed E-state index contributed by atoms with van der Waals surface area (Å²) in [6, 6.07) is 4.51. The van der Waals surface area contributed by atoms with Crippen LogP contribution in [0.3, 0.4) is 0 Å². The Balaban J connectivity index is 1.93. The minimum Gasteiger partial charge on any atom is -0.481 e. The number of benzene rings is 1. The Kier molecular flexibility index (Phi) is 5.62. The number of carboxylic acids is 1. The molecule has 1 amide bonds. The fourth-order valence-corrected chi connectivity index (χ4v) is 2.05. The van der Waals surface area contributed by atoms with Crippen molar-refractivity contribution in [3.63, 3.8) is 0 Å². The number of aromatic nitrogens is 2. The zero-order chi connectivity index (χ0) is 17.7. The first-order valence-electron chi connectivity index (χ1n) is 7.41. The van der Waals surface area contributed by atoms with Gasteiger partial charge in [-0.05, 0) is 30.7 Å². The summed E-state index contributed by atoms with van der Waals surface area (Å²) >= 11 is 0. The number of carbonyl (C=O) groups is 2. The summed E-state index contributed by atoms with van der Waals surface area (Å²) in [6.07, 6.45) is 0.292. The van der Waals surface area contributed by atoms with Crippen molar-refractivity contribution < 1.29 is 23.6 Å². The van der Waals surface area contributed by atoms with Crippen molar-refractivity contribution in [1.29, 1.82) is 0 Å². The molecular formula is C16H18FN3O4. The molecule has 1 aromatic carbocycles. The molecule has 0 fully saturated rings. The maximum Gasteiger partial charge on any atom is 0.305 e. The SMILES string of the molecule is Cc1cc(-c2noc(CCC(=O)N(C)CCC(=O)O)n2)ccc1F. The normalized spacial score (nSPS) is 10.6. The largest absolute Gasteiger partial charge is 0.481 e. The lowest BCUT2D eigenvalue weighted by Gasteiger charge is -2.15. The highest BCUT2D eigenvalue weighted by atomic mass is 19.1. The molecule has 2 aromatic rings. The van der Waals surface area contributed by atoms with Crippen molar-refractivity contribution in [2.24, 2.45) is 0 Å². The summed E-state index contributed by atoms with van der Waals surface area (Å²) in [7, 11) is 1.55. The van der Waals surface area contributed by atoms with Crippen LogP contribution in [-0.2, 0) is 16.0 Å². The first-order chi connectivity index (χ1) is 11.4. The van der Waals surface area contributed by atoms with Gasteiger partial charge in [0.25, 0.3) is 0 Å². The fourth-order valence-electron chi connectivity index (χ4n) is 2.05. The van der Waals surface area contributed by atoms with Crippen molar-refractivity contribution in [3.8, 4) is 11.4 Å². The van der Waals surface area contributed by atoms with E-state index in [1.54, 1.807) is 26.1 Å². The van der Waals surface area contributed by atoms with Gasteiger partial charge in [0.05, 0.1) is 6.42 Å². The van der Waals surface area contributed by atoms with Gasteiger partial charge in [0.1, 0.15) is 5.82 Å². The van der Waals surface area contributed by atoms with Crippen LogP contribution in [0.5, 0.6) is 0 Å². The van der Waals surface area contributed by atoms with Crippen LogP contribution >= 0.6 is 0 Å². The number of amides is 1. The van der Waals surface area contributed by atoms with Gasteiger partial charge < -0.3 is 14.5 Å². The molecule has 0 saturated carbocycles.